The molecule has 0 atom stereocenters. The van der Waals surface area contributed by atoms with Crippen molar-refractivity contribution in [2.75, 3.05) is 0 Å². The third kappa shape index (κ3) is 1.70. The van der Waals surface area contributed by atoms with Gasteiger partial charge in [-0.1, -0.05) is 18.2 Å². The van der Waals surface area contributed by atoms with Crippen molar-refractivity contribution in [1.29, 1.82) is 0 Å². The smallest absolute Gasteiger partial charge is 0.0753 e. The number of benzene rings is 1. The molecule has 4 nitrogen and oxygen atoms in total. The first-order valence-corrected chi connectivity index (χ1v) is 6.04. The van der Waals surface area contributed by atoms with E-state index in [4.69, 9.17) is 0 Å². The van der Waals surface area contributed by atoms with Crippen LogP contribution in [0.3, 0.4) is 0 Å². The predicted octanol–water partition coefficient (Wildman–Crippen LogP) is 1.42. The lowest BCUT2D eigenvalue weighted by molar-refractivity contribution is -0.255. The molecule has 4 heteroatoms. The summed E-state index contributed by atoms with van der Waals surface area (Å²) in [5.41, 5.74) is 2.46. The maximum Gasteiger partial charge on any atom is 0.0753 e. The zero-order valence-corrected chi connectivity index (χ0v) is 10.1. The first kappa shape index (κ1) is 11.0. The Labute approximate surface area is 105 Å². The lowest BCUT2D eigenvalue weighted by Crippen LogP contribution is -2.24. The van der Waals surface area contributed by atoms with E-state index < -0.39 is 5.97 Å². The topological polar surface area (TPSA) is 57.9 Å². The van der Waals surface area contributed by atoms with Crippen molar-refractivity contribution in [1.82, 2.24) is 9.78 Å². The number of carbonyl (C=O) groups excluding carboxylic acids is 1. The van der Waals surface area contributed by atoms with E-state index in [0.29, 0.717) is 17.3 Å². The van der Waals surface area contributed by atoms with Crippen LogP contribution in [0.5, 0.6) is 0 Å². The second-order valence-corrected chi connectivity index (χ2v) is 4.65. The van der Waals surface area contributed by atoms with E-state index in [1.165, 1.54) is 0 Å². The molecule has 1 fully saturated rings. The van der Waals surface area contributed by atoms with Crippen LogP contribution in [0.15, 0.2) is 30.3 Å². The summed E-state index contributed by atoms with van der Waals surface area (Å²) in [6, 6.07) is 9.56. The zero-order valence-electron chi connectivity index (χ0n) is 10.1. The molecule has 0 bridgehead atoms. The Bertz CT molecular complexity index is 598. The van der Waals surface area contributed by atoms with Gasteiger partial charge >= 0.3 is 0 Å². The molecular weight excluding hydrogens is 228 g/mol. The van der Waals surface area contributed by atoms with Crippen molar-refractivity contribution in [3.05, 3.63) is 47.3 Å². The molecule has 1 aliphatic carbocycles. The fourth-order valence-electron chi connectivity index (χ4n) is 2.24. The summed E-state index contributed by atoms with van der Waals surface area (Å²) in [7, 11) is 0. The molecule has 0 radical (unpaired) electrons. The van der Waals surface area contributed by atoms with E-state index in [-0.39, 0.29) is 5.56 Å². The lowest BCUT2D eigenvalue weighted by Gasteiger charge is -2.05. The number of rotatable bonds is 3. The highest BCUT2D eigenvalue weighted by Crippen LogP contribution is 2.41. The van der Waals surface area contributed by atoms with Crippen LogP contribution in [-0.4, -0.2) is 15.7 Å². The molecule has 0 unspecified atom stereocenters. The highest BCUT2D eigenvalue weighted by Gasteiger charge is 2.31. The zero-order chi connectivity index (χ0) is 12.7. The Morgan fingerprint density at radius 2 is 2.00 bits per heavy atom. The van der Waals surface area contributed by atoms with Crippen molar-refractivity contribution in [2.45, 2.75) is 25.7 Å². The quantitative estimate of drug-likeness (QED) is 0.816. The number of carboxylic acid groups (broad SMARTS) is 1. The summed E-state index contributed by atoms with van der Waals surface area (Å²) >= 11 is 0. The molecule has 1 aromatic carbocycles. The molecule has 92 valence electrons. The Kier molecular flexibility index (Phi) is 2.44. The summed E-state index contributed by atoms with van der Waals surface area (Å²) in [5.74, 6) is -0.835. The van der Waals surface area contributed by atoms with E-state index in [1.807, 2.05) is 30.3 Å². The van der Waals surface area contributed by atoms with Gasteiger partial charge in [-0.05, 0) is 31.9 Å². The van der Waals surface area contributed by atoms with Gasteiger partial charge in [0, 0.05) is 11.5 Å². The first-order chi connectivity index (χ1) is 8.68. The van der Waals surface area contributed by atoms with Gasteiger partial charge in [0.05, 0.1) is 23.0 Å². The normalized spacial score (nSPS) is 14.7. The maximum atomic E-state index is 11.3. The minimum Gasteiger partial charge on any atom is -0.545 e. The summed E-state index contributed by atoms with van der Waals surface area (Å²) in [5, 5.41) is 15.7. The van der Waals surface area contributed by atoms with Crippen molar-refractivity contribution >= 4 is 5.97 Å². The molecule has 0 amide bonds. The molecular formula is C14H13N2O2-. The van der Waals surface area contributed by atoms with Crippen LogP contribution in [0, 0.1) is 6.92 Å². The molecule has 0 aliphatic heterocycles. The molecule has 3 rings (SSSR count). The average Bonchev–Trinajstić information content (AvgIpc) is 3.14. The molecule has 1 saturated carbocycles. The Hall–Kier alpha value is -2.10. The van der Waals surface area contributed by atoms with E-state index in [2.05, 4.69) is 5.10 Å². The van der Waals surface area contributed by atoms with Gasteiger partial charge in [-0.25, -0.2) is 4.68 Å². The molecule has 18 heavy (non-hydrogen) atoms. The molecule has 0 saturated heterocycles. The van der Waals surface area contributed by atoms with Crippen LogP contribution in [0.25, 0.3) is 5.69 Å². The molecule has 1 aromatic heterocycles. The number of para-hydroxylation sites is 1. The van der Waals surface area contributed by atoms with Gasteiger partial charge in [0.2, 0.25) is 0 Å². The highest BCUT2D eigenvalue weighted by atomic mass is 16.4. The fraction of sp³-hybridized carbons (Fsp3) is 0.286. The van der Waals surface area contributed by atoms with Crippen molar-refractivity contribution < 1.29 is 9.90 Å². The minimum absolute atomic E-state index is 0.265. The van der Waals surface area contributed by atoms with Gasteiger partial charge in [-0.2, -0.15) is 5.10 Å². The van der Waals surface area contributed by atoms with Crippen LogP contribution in [0.1, 0.15) is 40.5 Å². The Morgan fingerprint density at radius 1 is 1.33 bits per heavy atom. The number of hydrogen-bond donors (Lipinski definition) is 0. The van der Waals surface area contributed by atoms with Gasteiger partial charge in [0.25, 0.3) is 0 Å². The third-order valence-corrected chi connectivity index (χ3v) is 3.31. The van der Waals surface area contributed by atoms with Crippen molar-refractivity contribution in [3.63, 3.8) is 0 Å². The molecule has 1 aliphatic rings. The van der Waals surface area contributed by atoms with Crippen LogP contribution in [0.4, 0.5) is 0 Å². The van der Waals surface area contributed by atoms with Gasteiger partial charge in [-0.3, -0.25) is 0 Å². The maximum absolute atomic E-state index is 11.3. The number of carboxylic acids is 1. The second-order valence-electron chi connectivity index (χ2n) is 4.65. The molecule has 0 N–H and O–H groups in total. The SMILES string of the molecule is Cc1c(C(=O)[O-])c(C2CC2)nn1-c1ccccc1. The standard InChI is InChI=1S/C14H14N2O2/c1-9-12(14(17)18)13(10-7-8-10)15-16(9)11-5-3-2-4-6-11/h2-6,10H,7-8H2,1H3,(H,17,18)/p-1. The fourth-order valence-corrected chi connectivity index (χ4v) is 2.24. The van der Waals surface area contributed by atoms with Crippen molar-refractivity contribution in [3.8, 4) is 5.69 Å². The molecule has 2 aromatic rings. The van der Waals surface area contributed by atoms with Crippen LogP contribution in [-0.2, 0) is 0 Å². The summed E-state index contributed by atoms with van der Waals surface area (Å²) in [6.45, 7) is 1.77. The van der Waals surface area contributed by atoms with Gasteiger partial charge in [-0.15, -0.1) is 0 Å². The summed E-state index contributed by atoms with van der Waals surface area (Å²) in [4.78, 5) is 11.3. The second kappa shape index (κ2) is 3.98. The predicted molar refractivity (Wildman–Crippen MR) is 64.6 cm³/mol. The third-order valence-electron chi connectivity index (χ3n) is 3.31. The van der Waals surface area contributed by atoms with Crippen molar-refractivity contribution in [2.24, 2.45) is 0 Å². The summed E-state index contributed by atoms with van der Waals surface area (Å²) in [6.07, 6.45) is 2.04. The van der Waals surface area contributed by atoms with E-state index in [9.17, 15) is 9.90 Å². The van der Waals surface area contributed by atoms with Gasteiger partial charge < -0.3 is 9.90 Å². The van der Waals surface area contributed by atoms with Crippen LogP contribution in [0.2, 0.25) is 0 Å². The summed E-state index contributed by atoms with van der Waals surface area (Å²) < 4.78 is 1.69. The highest BCUT2D eigenvalue weighted by molar-refractivity contribution is 5.89. The monoisotopic (exact) mass is 241 g/mol. The van der Waals surface area contributed by atoms with Crippen LogP contribution < -0.4 is 5.11 Å². The van der Waals surface area contributed by atoms with E-state index in [1.54, 1.807) is 11.6 Å². The Morgan fingerprint density at radius 3 is 2.56 bits per heavy atom. The molecule has 1 heterocycles. The number of nitrogens with zero attached hydrogens (tertiary/aromatic N) is 2. The van der Waals surface area contributed by atoms with Gasteiger partial charge in [0.15, 0.2) is 0 Å². The number of carbonyl (C=O) groups is 1. The number of aromatic nitrogens is 2. The molecule has 0 spiro atoms. The van der Waals surface area contributed by atoms with E-state index >= 15 is 0 Å². The Balaban J connectivity index is 2.17. The van der Waals surface area contributed by atoms with Crippen LogP contribution >= 0.6 is 0 Å². The van der Waals surface area contributed by atoms with Gasteiger partial charge in [0.1, 0.15) is 0 Å². The average molecular weight is 241 g/mol. The first-order valence-electron chi connectivity index (χ1n) is 6.04. The number of aromatic carboxylic acids is 1. The van der Waals surface area contributed by atoms with E-state index in [0.717, 1.165) is 18.5 Å². The minimum atomic E-state index is -1.13. The number of hydrogen-bond acceptors (Lipinski definition) is 3. The largest absolute Gasteiger partial charge is 0.545 e. The lowest BCUT2D eigenvalue weighted by atomic mass is 10.1.